The highest BCUT2D eigenvalue weighted by atomic mass is 16.3. The van der Waals surface area contributed by atoms with Gasteiger partial charge in [0.2, 0.25) is 12.3 Å². The topological polar surface area (TPSA) is 113 Å². The number of nitrogens with zero attached hydrogens (tertiary/aromatic N) is 1. The molecule has 0 heterocycles. The van der Waals surface area contributed by atoms with Crippen LogP contribution in [0.4, 0.5) is 0 Å². The van der Waals surface area contributed by atoms with Crippen molar-refractivity contribution in [1.29, 1.82) is 0 Å². The van der Waals surface area contributed by atoms with Crippen LogP contribution in [0, 0.1) is 0 Å². The Morgan fingerprint density at radius 3 is 2.12 bits per heavy atom. The fourth-order valence-electron chi connectivity index (χ4n) is 3.61. The molecule has 0 radical (unpaired) electrons. The SMILES string of the molecule is CN(CCc1ccccc1)C(=O)c1ccc(-c2ccc(C(O)C(C)(N)C(=O)NC=O)cc2)cc1. The Kier molecular flexibility index (Phi) is 7.94. The smallest absolute Gasteiger partial charge is 0.253 e. The van der Waals surface area contributed by atoms with Gasteiger partial charge in [-0.3, -0.25) is 19.7 Å². The number of aliphatic hydroxyl groups excluding tert-OH is 1. The molecule has 3 rings (SSSR count). The number of nitrogens with one attached hydrogen (secondary N) is 1. The molecule has 0 aliphatic heterocycles. The molecular weight excluding hydrogens is 430 g/mol. The van der Waals surface area contributed by atoms with Crippen molar-refractivity contribution < 1.29 is 19.5 Å². The molecule has 7 heteroatoms. The van der Waals surface area contributed by atoms with Crippen LogP contribution in [-0.2, 0) is 16.0 Å². The summed E-state index contributed by atoms with van der Waals surface area (Å²) < 4.78 is 0. The zero-order valence-corrected chi connectivity index (χ0v) is 19.3. The van der Waals surface area contributed by atoms with Gasteiger partial charge in [0.15, 0.2) is 0 Å². The first-order valence-electron chi connectivity index (χ1n) is 11.0. The summed E-state index contributed by atoms with van der Waals surface area (Å²) in [5.41, 5.74) is 8.28. The van der Waals surface area contributed by atoms with E-state index in [2.05, 4.69) is 0 Å². The maximum Gasteiger partial charge on any atom is 0.253 e. The average molecular weight is 460 g/mol. The van der Waals surface area contributed by atoms with E-state index in [9.17, 15) is 19.5 Å². The number of aliphatic hydroxyl groups is 1. The Bertz CT molecular complexity index is 1130. The minimum absolute atomic E-state index is 0.0446. The Morgan fingerprint density at radius 1 is 1.00 bits per heavy atom. The summed E-state index contributed by atoms with van der Waals surface area (Å²) >= 11 is 0. The van der Waals surface area contributed by atoms with E-state index in [1.165, 1.54) is 12.5 Å². The first kappa shape index (κ1) is 24.8. The number of hydrogen-bond donors (Lipinski definition) is 3. The van der Waals surface area contributed by atoms with E-state index in [0.717, 1.165) is 17.5 Å². The number of carbonyl (C=O) groups is 3. The number of nitrogens with two attached hydrogens (primary N) is 1. The van der Waals surface area contributed by atoms with Crippen LogP contribution in [0.25, 0.3) is 11.1 Å². The fourth-order valence-corrected chi connectivity index (χ4v) is 3.61. The molecule has 2 atom stereocenters. The van der Waals surface area contributed by atoms with Gasteiger partial charge in [-0.15, -0.1) is 0 Å². The number of carbonyl (C=O) groups excluding carboxylic acids is 3. The molecule has 3 amide bonds. The normalized spacial score (nSPS) is 13.4. The van der Waals surface area contributed by atoms with Crippen LogP contribution in [0.15, 0.2) is 78.9 Å². The second-order valence-corrected chi connectivity index (χ2v) is 8.44. The maximum atomic E-state index is 12.8. The van der Waals surface area contributed by atoms with E-state index < -0.39 is 17.6 Å². The number of benzene rings is 3. The monoisotopic (exact) mass is 459 g/mol. The van der Waals surface area contributed by atoms with Gasteiger partial charge < -0.3 is 15.7 Å². The summed E-state index contributed by atoms with van der Waals surface area (Å²) in [5.74, 6) is -0.815. The third kappa shape index (κ3) is 5.75. The zero-order chi connectivity index (χ0) is 24.7. The highest BCUT2D eigenvalue weighted by molar-refractivity contribution is 5.95. The van der Waals surface area contributed by atoms with Gasteiger partial charge in [0, 0.05) is 19.2 Å². The molecule has 0 saturated carbocycles. The van der Waals surface area contributed by atoms with Gasteiger partial charge in [0.1, 0.15) is 11.6 Å². The summed E-state index contributed by atoms with van der Waals surface area (Å²) in [5, 5.41) is 12.5. The summed E-state index contributed by atoms with van der Waals surface area (Å²) in [7, 11) is 1.80. The first-order chi connectivity index (χ1) is 16.2. The largest absolute Gasteiger partial charge is 0.386 e. The van der Waals surface area contributed by atoms with Crippen LogP contribution in [0.1, 0.15) is 34.5 Å². The Morgan fingerprint density at radius 2 is 1.56 bits per heavy atom. The molecule has 3 aromatic rings. The molecule has 0 spiro atoms. The van der Waals surface area contributed by atoms with Crippen molar-refractivity contribution in [3.05, 3.63) is 95.6 Å². The van der Waals surface area contributed by atoms with E-state index in [0.29, 0.717) is 17.7 Å². The molecule has 0 aromatic heterocycles. The molecule has 4 N–H and O–H groups in total. The molecular formula is C27H29N3O4. The van der Waals surface area contributed by atoms with Crippen LogP contribution < -0.4 is 11.1 Å². The maximum absolute atomic E-state index is 12.8. The van der Waals surface area contributed by atoms with Crippen molar-refractivity contribution in [2.45, 2.75) is 25.0 Å². The second kappa shape index (κ2) is 10.9. The van der Waals surface area contributed by atoms with E-state index in [1.807, 2.05) is 47.8 Å². The van der Waals surface area contributed by atoms with Gasteiger partial charge in [-0.2, -0.15) is 0 Å². The summed E-state index contributed by atoms with van der Waals surface area (Å²) in [6, 6.07) is 24.3. The molecule has 7 nitrogen and oxygen atoms in total. The molecule has 0 saturated heterocycles. The van der Waals surface area contributed by atoms with Gasteiger partial charge in [-0.25, -0.2) is 0 Å². The summed E-state index contributed by atoms with van der Waals surface area (Å²) in [6.07, 6.45) is -0.274. The Balaban J connectivity index is 1.65. The third-order valence-electron chi connectivity index (χ3n) is 5.86. The van der Waals surface area contributed by atoms with Gasteiger partial charge in [-0.1, -0.05) is 66.7 Å². The van der Waals surface area contributed by atoms with Crippen molar-refractivity contribution in [3.63, 3.8) is 0 Å². The van der Waals surface area contributed by atoms with Crippen LogP contribution in [-0.4, -0.2) is 47.4 Å². The van der Waals surface area contributed by atoms with Crippen LogP contribution in [0.3, 0.4) is 0 Å². The van der Waals surface area contributed by atoms with Crippen molar-refractivity contribution in [1.82, 2.24) is 10.2 Å². The minimum Gasteiger partial charge on any atom is -0.386 e. The van der Waals surface area contributed by atoms with E-state index in [-0.39, 0.29) is 12.3 Å². The Hall–Kier alpha value is -3.81. The van der Waals surface area contributed by atoms with Crippen molar-refractivity contribution in [3.8, 4) is 11.1 Å². The first-order valence-corrected chi connectivity index (χ1v) is 11.0. The van der Waals surface area contributed by atoms with Crippen molar-refractivity contribution in [2.24, 2.45) is 5.73 Å². The lowest BCUT2D eigenvalue weighted by molar-refractivity contribution is -0.132. The lowest BCUT2D eigenvalue weighted by atomic mass is 9.88. The van der Waals surface area contributed by atoms with Gasteiger partial charge in [0.25, 0.3) is 5.91 Å². The van der Waals surface area contributed by atoms with Crippen LogP contribution in [0.5, 0.6) is 0 Å². The molecule has 176 valence electrons. The minimum atomic E-state index is -1.67. The highest BCUT2D eigenvalue weighted by Crippen LogP contribution is 2.27. The molecule has 34 heavy (non-hydrogen) atoms. The van der Waals surface area contributed by atoms with E-state index >= 15 is 0 Å². The average Bonchev–Trinajstić information content (AvgIpc) is 2.87. The van der Waals surface area contributed by atoms with E-state index in [1.54, 1.807) is 48.3 Å². The van der Waals surface area contributed by atoms with Gasteiger partial charge in [-0.05, 0) is 47.7 Å². The number of amides is 3. The van der Waals surface area contributed by atoms with Crippen LogP contribution in [0.2, 0.25) is 0 Å². The van der Waals surface area contributed by atoms with Crippen molar-refractivity contribution >= 4 is 18.2 Å². The highest BCUT2D eigenvalue weighted by Gasteiger charge is 2.37. The molecule has 0 aliphatic rings. The predicted octanol–water partition coefficient (Wildman–Crippen LogP) is 2.69. The molecule has 0 aliphatic carbocycles. The summed E-state index contributed by atoms with van der Waals surface area (Å²) in [4.78, 5) is 37.0. The van der Waals surface area contributed by atoms with Crippen molar-refractivity contribution in [2.75, 3.05) is 13.6 Å². The fraction of sp³-hybridized carbons (Fsp3) is 0.222. The quantitative estimate of drug-likeness (QED) is 0.426. The van der Waals surface area contributed by atoms with Crippen LogP contribution >= 0.6 is 0 Å². The lowest BCUT2D eigenvalue weighted by Gasteiger charge is -2.28. The number of imide groups is 1. The second-order valence-electron chi connectivity index (χ2n) is 8.44. The van der Waals surface area contributed by atoms with E-state index in [4.69, 9.17) is 5.73 Å². The molecule has 3 aromatic carbocycles. The standard InChI is InChI=1S/C27H29N3O4/c1-27(28,26(34)29-18-31)24(32)22-12-8-20(9-13-22)21-10-14-23(15-11-21)25(33)30(2)17-16-19-6-4-3-5-7-19/h3-15,18,24,32H,16-17,28H2,1-2H3,(H,29,31,34). The third-order valence-corrected chi connectivity index (χ3v) is 5.86. The molecule has 2 unspecified atom stereocenters. The van der Waals surface area contributed by atoms with Gasteiger partial charge >= 0.3 is 0 Å². The Labute approximate surface area is 199 Å². The number of likely N-dealkylation sites (N-methyl/N-ethyl adjacent to an activating group) is 1. The number of hydrogen-bond acceptors (Lipinski definition) is 5. The lowest BCUT2D eigenvalue weighted by Crippen LogP contribution is -2.55. The van der Waals surface area contributed by atoms with Gasteiger partial charge in [0.05, 0.1) is 0 Å². The zero-order valence-electron chi connectivity index (χ0n) is 19.3. The number of rotatable bonds is 9. The predicted molar refractivity (Wildman–Crippen MR) is 131 cm³/mol. The summed E-state index contributed by atoms with van der Waals surface area (Å²) in [6.45, 7) is 1.98. The molecule has 0 fully saturated rings. The molecule has 0 bridgehead atoms.